The standard InChI is InChI=1S/C28H20N2O5S2/c31-13-22-24-25(37-28(33)36-24)23-26(35-22)30(21-12-6-5-11-20(21)29-23)27(32)34-14-19-17-9-3-1-7-15(17)16-8-2-4-10-18(16)19/h1-12,19,22,26,31H,13-14H2/t22-,26-/m1/s1. The van der Waals surface area contributed by atoms with Crippen LogP contribution in [0.4, 0.5) is 16.2 Å². The predicted octanol–water partition coefficient (Wildman–Crippen LogP) is 5.45. The average Bonchev–Trinajstić information content (AvgIpc) is 3.48. The molecule has 3 heterocycles. The van der Waals surface area contributed by atoms with E-state index in [9.17, 15) is 14.7 Å². The number of para-hydroxylation sites is 2. The van der Waals surface area contributed by atoms with E-state index in [-0.39, 0.29) is 23.2 Å². The molecule has 0 radical (unpaired) electrons. The second-order valence-corrected chi connectivity index (χ2v) is 11.2. The molecular weight excluding hydrogens is 508 g/mol. The van der Waals surface area contributed by atoms with Crippen molar-refractivity contribution in [2.24, 2.45) is 4.99 Å². The first-order chi connectivity index (χ1) is 18.1. The third-order valence-electron chi connectivity index (χ3n) is 6.97. The van der Waals surface area contributed by atoms with Gasteiger partial charge < -0.3 is 14.6 Å². The zero-order valence-electron chi connectivity index (χ0n) is 19.4. The number of hydrogen-bond acceptors (Lipinski definition) is 8. The summed E-state index contributed by atoms with van der Waals surface area (Å²) in [5, 5.41) is 10.0. The zero-order chi connectivity index (χ0) is 25.1. The lowest BCUT2D eigenvalue weighted by atomic mass is 9.98. The summed E-state index contributed by atoms with van der Waals surface area (Å²) in [6.45, 7) is -0.158. The van der Waals surface area contributed by atoms with E-state index >= 15 is 0 Å². The Morgan fingerprint density at radius 2 is 1.65 bits per heavy atom. The molecule has 0 bridgehead atoms. The molecule has 0 saturated carbocycles. The number of hydrogen-bond donors (Lipinski definition) is 1. The van der Waals surface area contributed by atoms with Gasteiger partial charge in [0.25, 0.3) is 4.06 Å². The van der Waals surface area contributed by atoms with Crippen molar-refractivity contribution in [3.8, 4) is 11.1 Å². The maximum absolute atomic E-state index is 13.8. The highest BCUT2D eigenvalue weighted by Gasteiger charge is 2.45. The van der Waals surface area contributed by atoms with Gasteiger partial charge in [-0.3, -0.25) is 4.79 Å². The molecule has 7 nitrogen and oxygen atoms in total. The molecular formula is C28H20N2O5S2. The molecule has 0 fully saturated rings. The number of fused-ring (bicyclic) bond motifs is 7. The highest BCUT2D eigenvalue weighted by molar-refractivity contribution is 7.28. The van der Waals surface area contributed by atoms with E-state index in [0.717, 1.165) is 44.9 Å². The topological polar surface area (TPSA) is 88.4 Å². The normalized spacial score (nSPS) is 19.3. The molecule has 0 saturated heterocycles. The molecule has 3 aliphatic rings. The Morgan fingerprint density at radius 3 is 2.38 bits per heavy atom. The van der Waals surface area contributed by atoms with Crippen LogP contribution in [0.2, 0.25) is 0 Å². The number of carbonyl (C=O) groups excluding carboxylic acids is 1. The van der Waals surface area contributed by atoms with Crippen LogP contribution in [0.3, 0.4) is 0 Å². The van der Waals surface area contributed by atoms with Crippen LogP contribution in [0, 0.1) is 0 Å². The van der Waals surface area contributed by atoms with Crippen LogP contribution in [0.25, 0.3) is 11.1 Å². The van der Waals surface area contributed by atoms with Crippen molar-refractivity contribution >= 4 is 45.9 Å². The number of amides is 1. The van der Waals surface area contributed by atoms with Crippen LogP contribution in [0.15, 0.2) is 82.6 Å². The maximum Gasteiger partial charge on any atom is 0.416 e. The van der Waals surface area contributed by atoms with Crippen molar-refractivity contribution in [2.75, 3.05) is 18.1 Å². The van der Waals surface area contributed by atoms with E-state index in [1.165, 1.54) is 4.90 Å². The highest BCUT2D eigenvalue weighted by Crippen LogP contribution is 2.46. The Labute approximate surface area is 219 Å². The van der Waals surface area contributed by atoms with Gasteiger partial charge in [0.05, 0.1) is 27.7 Å². The number of benzene rings is 3. The van der Waals surface area contributed by atoms with Crippen LogP contribution in [-0.2, 0) is 9.47 Å². The monoisotopic (exact) mass is 528 g/mol. The summed E-state index contributed by atoms with van der Waals surface area (Å²) in [6.07, 6.45) is -2.22. The van der Waals surface area contributed by atoms with Crippen molar-refractivity contribution in [1.29, 1.82) is 0 Å². The second-order valence-electron chi connectivity index (χ2n) is 8.97. The molecule has 1 N–H and O–H groups in total. The van der Waals surface area contributed by atoms with E-state index in [1.54, 1.807) is 6.07 Å². The summed E-state index contributed by atoms with van der Waals surface area (Å²) in [6, 6.07) is 23.6. The van der Waals surface area contributed by atoms with Crippen LogP contribution < -0.4 is 8.96 Å². The fourth-order valence-corrected chi connectivity index (χ4v) is 7.59. The van der Waals surface area contributed by atoms with Crippen molar-refractivity contribution in [1.82, 2.24) is 0 Å². The molecule has 37 heavy (non-hydrogen) atoms. The number of aliphatic hydroxyl groups is 1. The van der Waals surface area contributed by atoms with Gasteiger partial charge in [-0.15, -0.1) is 0 Å². The van der Waals surface area contributed by atoms with Crippen molar-refractivity contribution in [3.63, 3.8) is 0 Å². The third-order valence-corrected chi connectivity index (χ3v) is 9.25. The van der Waals surface area contributed by atoms with Gasteiger partial charge in [-0.25, -0.2) is 14.7 Å². The molecule has 2 aliphatic heterocycles. The first kappa shape index (κ1) is 22.6. The minimum absolute atomic E-state index is 0.0873. The number of rotatable bonds is 3. The SMILES string of the molecule is O=C(OCC1c2ccccc2-c2ccccc21)N1c2ccccc2N=C2c3sc(=O)sc3[C@@H](CO)O[C@H]21. The smallest absolute Gasteiger partial charge is 0.416 e. The minimum Gasteiger partial charge on any atom is -0.448 e. The second kappa shape index (κ2) is 8.74. The average molecular weight is 529 g/mol. The number of aliphatic hydroxyl groups excluding tert-OH is 1. The maximum atomic E-state index is 13.8. The van der Waals surface area contributed by atoms with Gasteiger partial charge in [0.2, 0.25) is 0 Å². The van der Waals surface area contributed by atoms with Crippen molar-refractivity contribution in [3.05, 3.63) is 103 Å². The molecule has 1 amide bonds. The first-order valence-corrected chi connectivity index (χ1v) is 13.5. The Bertz CT molecular complexity index is 1600. The van der Waals surface area contributed by atoms with Crippen molar-refractivity contribution < 1.29 is 19.4 Å². The molecule has 7 rings (SSSR count). The lowest BCUT2D eigenvalue weighted by molar-refractivity contribution is -0.0159. The first-order valence-electron chi connectivity index (χ1n) is 11.9. The summed E-state index contributed by atoms with van der Waals surface area (Å²) in [4.78, 5) is 33.5. The van der Waals surface area contributed by atoms with Gasteiger partial charge in [0.1, 0.15) is 18.4 Å². The number of carbonyl (C=O) groups is 1. The van der Waals surface area contributed by atoms with Crippen molar-refractivity contribution in [2.45, 2.75) is 18.2 Å². The molecule has 0 spiro atoms. The molecule has 184 valence electrons. The molecule has 3 aromatic carbocycles. The van der Waals surface area contributed by atoms with Crippen LogP contribution in [0.1, 0.15) is 32.9 Å². The van der Waals surface area contributed by atoms with E-state index in [0.29, 0.717) is 26.8 Å². The van der Waals surface area contributed by atoms with Gasteiger partial charge in [-0.2, -0.15) is 0 Å². The fraction of sp³-hybridized carbons (Fsp3) is 0.179. The summed E-state index contributed by atoms with van der Waals surface area (Å²) >= 11 is 2.11. The van der Waals surface area contributed by atoms with Gasteiger partial charge >= 0.3 is 6.09 Å². The number of ether oxygens (including phenoxy) is 2. The largest absolute Gasteiger partial charge is 0.448 e. The summed E-state index contributed by atoms with van der Waals surface area (Å²) in [5.41, 5.74) is 6.17. The Kier molecular flexibility index (Phi) is 5.33. The molecule has 2 atom stereocenters. The quantitative estimate of drug-likeness (QED) is 0.382. The summed E-state index contributed by atoms with van der Waals surface area (Å²) in [7, 11) is 0. The number of nitrogens with zero attached hydrogens (tertiary/aromatic N) is 2. The van der Waals surface area contributed by atoms with Crippen LogP contribution >= 0.6 is 22.7 Å². The third kappa shape index (κ3) is 3.50. The Hall–Kier alpha value is -3.63. The summed E-state index contributed by atoms with van der Waals surface area (Å²) < 4.78 is 12.0. The van der Waals surface area contributed by atoms with E-state index in [1.807, 2.05) is 42.5 Å². The van der Waals surface area contributed by atoms with Gasteiger partial charge in [0, 0.05) is 5.92 Å². The zero-order valence-corrected chi connectivity index (χ0v) is 21.0. The van der Waals surface area contributed by atoms with Gasteiger partial charge in [0.15, 0.2) is 6.23 Å². The van der Waals surface area contributed by atoms with Gasteiger partial charge in [-0.1, -0.05) is 83.3 Å². The van der Waals surface area contributed by atoms with Gasteiger partial charge in [-0.05, 0) is 34.4 Å². The lowest BCUT2D eigenvalue weighted by Gasteiger charge is -2.39. The van der Waals surface area contributed by atoms with Crippen LogP contribution in [-0.4, -0.2) is 36.4 Å². The Morgan fingerprint density at radius 1 is 0.973 bits per heavy atom. The number of aliphatic imine (C=N–C) groups is 1. The van der Waals surface area contributed by atoms with E-state index in [4.69, 9.17) is 14.5 Å². The fourth-order valence-electron chi connectivity index (χ4n) is 5.37. The predicted molar refractivity (Wildman–Crippen MR) is 143 cm³/mol. The minimum atomic E-state index is -0.916. The molecule has 9 heteroatoms. The molecule has 4 aromatic rings. The summed E-state index contributed by atoms with van der Waals surface area (Å²) in [5.74, 6) is -0.0873. The molecule has 0 unspecified atom stereocenters. The molecule has 1 aliphatic carbocycles. The number of anilines is 1. The van der Waals surface area contributed by atoms with E-state index < -0.39 is 18.4 Å². The lowest BCUT2D eigenvalue weighted by Crippen LogP contribution is -2.52. The van der Waals surface area contributed by atoms with E-state index in [2.05, 4.69) is 24.3 Å². The highest BCUT2D eigenvalue weighted by atomic mass is 32.2. The van der Waals surface area contributed by atoms with Crippen LogP contribution in [0.5, 0.6) is 0 Å². The Balaban J connectivity index is 1.24. The molecule has 1 aromatic heterocycles.